The maximum absolute atomic E-state index is 11.7. The normalized spacial score (nSPS) is 25.6. The van der Waals surface area contributed by atoms with Gasteiger partial charge in [-0.05, 0) is 55.3 Å². The molecular formula is C18H24N2O2. The van der Waals surface area contributed by atoms with Gasteiger partial charge in [0.2, 0.25) is 0 Å². The molecule has 0 radical (unpaired) electrons. The Kier molecular flexibility index (Phi) is 3.37. The van der Waals surface area contributed by atoms with Gasteiger partial charge < -0.3 is 10.1 Å². The molecule has 4 rings (SSSR count). The van der Waals surface area contributed by atoms with E-state index in [-0.39, 0.29) is 17.3 Å². The number of hydrogen-bond acceptors (Lipinski definition) is 4. The largest absolute Gasteiger partial charge is 0.469 e. The summed E-state index contributed by atoms with van der Waals surface area (Å²) in [5, 5.41) is 3.53. The molecule has 2 fully saturated rings. The quantitative estimate of drug-likeness (QED) is 0.871. The van der Waals surface area contributed by atoms with Crippen molar-refractivity contribution in [3.05, 3.63) is 29.3 Å². The number of fused-ring (bicyclic) bond motifs is 1. The third kappa shape index (κ3) is 2.30. The van der Waals surface area contributed by atoms with Crippen LogP contribution in [0, 0.1) is 11.3 Å². The van der Waals surface area contributed by atoms with Crippen LogP contribution in [0.5, 0.6) is 0 Å². The summed E-state index contributed by atoms with van der Waals surface area (Å²) in [6.07, 6.45) is 4.45. The molecule has 2 aliphatic heterocycles. The Morgan fingerprint density at radius 1 is 1.41 bits per heavy atom. The maximum Gasteiger partial charge on any atom is 0.309 e. The first-order valence-corrected chi connectivity index (χ1v) is 8.37. The number of esters is 1. The Labute approximate surface area is 131 Å². The molecule has 0 amide bonds. The van der Waals surface area contributed by atoms with Crippen molar-refractivity contribution < 1.29 is 9.53 Å². The predicted molar refractivity (Wildman–Crippen MR) is 85.7 cm³/mol. The number of para-hydroxylation sites is 1. The average Bonchev–Trinajstić information content (AvgIpc) is 3.02. The lowest BCUT2D eigenvalue weighted by Gasteiger charge is -2.33. The number of nitrogens with one attached hydrogen (secondary N) is 1. The van der Waals surface area contributed by atoms with E-state index in [9.17, 15) is 4.79 Å². The molecule has 1 aromatic carbocycles. The molecule has 2 heterocycles. The Morgan fingerprint density at radius 2 is 2.23 bits per heavy atom. The van der Waals surface area contributed by atoms with E-state index in [1.807, 2.05) is 0 Å². The molecule has 1 unspecified atom stereocenters. The van der Waals surface area contributed by atoms with E-state index < -0.39 is 0 Å². The van der Waals surface area contributed by atoms with Gasteiger partial charge in [0.05, 0.1) is 13.0 Å². The Hall–Kier alpha value is -1.55. The van der Waals surface area contributed by atoms with E-state index in [4.69, 9.17) is 4.74 Å². The summed E-state index contributed by atoms with van der Waals surface area (Å²) in [6, 6.07) is 6.66. The topological polar surface area (TPSA) is 41.6 Å². The lowest BCUT2D eigenvalue weighted by Crippen LogP contribution is -2.35. The van der Waals surface area contributed by atoms with Crippen molar-refractivity contribution in [2.24, 2.45) is 11.3 Å². The molecule has 4 nitrogen and oxygen atoms in total. The van der Waals surface area contributed by atoms with E-state index in [1.54, 1.807) is 0 Å². The number of likely N-dealkylation sites (tertiary alicyclic amines) is 1. The van der Waals surface area contributed by atoms with Gasteiger partial charge in [-0.1, -0.05) is 18.2 Å². The fraction of sp³-hybridized carbons (Fsp3) is 0.611. The molecular weight excluding hydrogens is 276 g/mol. The second-order valence-corrected chi connectivity index (χ2v) is 7.05. The molecule has 4 heteroatoms. The summed E-state index contributed by atoms with van der Waals surface area (Å²) in [5.74, 6) is 0.167. The third-order valence-corrected chi connectivity index (χ3v) is 5.85. The predicted octanol–water partition coefficient (Wildman–Crippen LogP) is 2.43. The maximum atomic E-state index is 11.7. The SMILES string of the molecule is COC(=O)C1CC12CCN(Cc1cccc3c1NCC3)CC2. The van der Waals surface area contributed by atoms with Crippen LogP contribution in [0.25, 0.3) is 0 Å². The zero-order valence-electron chi connectivity index (χ0n) is 13.2. The van der Waals surface area contributed by atoms with Crippen molar-refractivity contribution in [3.63, 3.8) is 0 Å². The summed E-state index contributed by atoms with van der Waals surface area (Å²) in [5.41, 5.74) is 4.51. The first-order valence-electron chi connectivity index (χ1n) is 8.37. The molecule has 1 saturated carbocycles. The first kappa shape index (κ1) is 14.1. The van der Waals surface area contributed by atoms with Crippen LogP contribution in [0.3, 0.4) is 0 Å². The molecule has 22 heavy (non-hydrogen) atoms. The number of rotatable bonds is 3. The van der Waals surface area contributed by atoms with Crippen LogP contribution in [0.1, 0.15) is 30.4 Å². The van der Waals surface area contributed by atoms with E-state index >= 15 is 0 Å². The fourth-order valence-electron chi connectivity index (χ4n) is 4.32. The zero-order chi connectivity index (χ0) is 15.2. The van der Waals surface area contributed by atoms with Gasteiger partial charge in [-0.2, -0.15) is 0 Å². The summed E-state index contributed by atoms with van der Waals surface area (Å²) in [6.45, 7) is 4.28. The van der Waals surface area contributed by atoms with Gasteiger partial charge in [0.1, 0.15) is 0 Å². The second-order valence-electron chi connectivity index (χ2n) is 7.05. The molecule has 118 valence electrons. The Morgan fingerprint density at radius 3 is 3.00 bits per heavy atom. The number of anilines is 1. The lowest BCUT2D eigenvalue weighted by molar-refractivity contribution is -0.143. The molecule has 3 aliphatic rings. The summed E-state index contributed by atoms with van der Waals surface area (Å²) in [4.78, 5) is 14.2. The van der Waals surface area contributed by atoms with Gasteiger partial charge in [-0.3, -0.25) is 9.69 Å². The highest BCUT2D eigenvalue weighted by Gasteiger charge is 2.59. The highest BCUT2D eigenvalue weighted by Crippen LogP contribution is 2.59. The molecule has 0 bridgehead atoms. The molecule has 1 aliphatic carbocycles. The van der Waals surface area contributed by atoms with Gasteiger partial charge in [-0.15, -0.1) is 0 Å². The first-order chi connectivity index (χ1) is 10.7. The molecule has 1 N–H and O–H groups in total. The van der Waals surface area contributed by atoms with Crippen LogP contribution in [0.2, 0.25) is 0 Å². The Balaban J connectivity index is 1.38. The number of carbonyl (C=O) groups excluding carboxylic acids is 1. The van der Waals surface area contributed by atoms with E-state index in [0.29, 0.717) is 0 Å². The number of nitrogens with zero attached hydrogens (tertiary/aromatic N) is 1. The number of methoxy groups -OCH3 is 1. The van der Waals surface area contributed by atoms with Gasteiger partial charge >= 0.3 is 5.97 Å². The number of hydrogen-bond donors (Lipinski definition) is 1. The van der Waals surface area contributed by atoms with E-state index in [2.05, 4.69) is 28.4 Å². The number of piperidine rings is 1. The van der Waals surface area contributed by atoms with Crippen LogP contribution >= 0.6 is 0 Å². The number of benzene rings is 1. The molecule has 1 saturated heterocycles. The fourth-order valence-corrected chi connectivity index (χ4v) is 4.32. The Bertz CT molecular complexity index is 591. The summed E-state index contributed by atoms with van der Waals surface area (Å²) >= 11 is 0. The molecule has 0 aromatic heterocycles. The van der Waals surface area contributed by atoms with Gasteiger partial charge in [0, 0.05) is 18.8 Å². The standard InChI is InChI=1S/C18H24N2O2/c1-22-17(21)15-11-18(15)6-9-20(10-7-18)12-14-4-2-3-13-5-8-19-16(13)14/h2-4,15,19H,5-12H2,1H3. The minimum absolute atomic E-state index is 0.00136. The van der Waals surface area contributed by atoms with Crippen LogP contribution in [-0.2, 0) is 22.5 Å². The zero-order valence-corrected chi connectivity index (χ0v) is 13.2. The van der Waals surface area contributed by atoms with Crippen LogP contribution in [0.15, 0.2) is 18.2 Å². The summed E-state index contributed by atoms with van der Waals surface area (Å²) < 4.78 is 4.91. The van der Waals surface area contributed by atoms with Crippen molar-refractivity contribution in [1.29, 1.82) is 0 Å². The lowest BCUT2D eigenvalue weighted by atomic mass is 9.90. The smallest absolute Gasteiger partial charge is 0.309 e. The van der Waals surface area contributed by atoms with Crippen molar-refractivity contribution >= 4 is 11.7 Å². The average molecular weight is 300 g/mol. The van der Waals surface area contributed by atoms with Crippen molar-refractivity contribution in [3.8, 4) is 0 Å². The number of carbonyl (C=O) groups is 1. The molecule has 1 aromatic rings. The van der Waals surface area contributed by atoms with Gasteiger partial charge in [0.15, 0.2) is 0 Å². The minimum Gasteiger partial charge on any atom is -0.469 e. The second kappa shape index (κ2) is 5.27. The van der Waals surface area contributed by atoms with Gasteiger partial charge in [0.25, 0.3) is 0 Å². The van der Waals surface area contributed by atoms with Crippen LogP contribution in [-0.4, -0.2) is 37.6 Å². The van der Waals surface area contributed by atoms with E-state index in [0.717, 1.165) is 51.9 Å². The highest BCUT2D eigenvalue weighted by molar-refractivity contribution is 5.76. The van der Waals surface area contributed by atoms with Crippen LogP contribution < -0.4 is 5.32 Å². The van der Waals surface area contributed by atoms with Crippen LogP contribution in [0.4, 0.5) is 5.69 Å². The van der Waals surface area contributed by atoms with Gasteiger partial charge in [-0.25, -0.2) is 0 Å². The van der Waals surface area contributed by atoms with Crippen molar-refractivity contribution in [2.45, 2.75) is 32.2 Å². The summed E-state index contributed by atoms with van der Waals surface area (Å²) in [7, 11) is 1.51. The van der Waals surface area contributed by atoms with Crippen molar-refractivity contribution in [1.82, 2.24) is 4.90 Å². The monoisotopic (exact) mass is 300 g/mol. The third-order valence-electron chi connectivity index (χ3n) is 5.85. The van der Waals surface area contributed by atoms with E-state index in [1.165, 1.54) is 23.9 Å². The molecule has 1 spiro atoms. The van der Waals surface area contributed by atoms with Crippen molar-refractivity contribution in [2.75, 3.05) is 32.1 Å². The highest BCUT2D eigenvalue weighted by atomic mass is 16.5. The molecule has 1 atom stereocenters. The number of ether oxygens (including phenoxy) is 1. The minimum atomic E-state index is -0.00136.